The second-order valence-electron chi connectivity index (χ2n) is 4.73. The molecule has 0 aromatic heterocycles. The Kier molecular flexibility index (Phi) is 5.36. The van der Waals surface area contributed by atoms with Crippen molar-refractivity contribution in [3.8, 4) is 11.1 Å². The third-order valence-electron chi connectivity index (χ3n) is 3.32. The van der Waals surface area contributed by atoms with Crippen LogP contribution in [0.1, 0.15) is 25.5 Å². The van der Waals surface area contributed by atoms with Crippen LogP contribution in [0.3, 0.4) is 0 Å². The topological polar surface area (TPSA) is 12.0 Å². The van der Waals surface area contributed by atoms with Gasteiger partial charge in [-0.05, 0) is 58.7 Å². The van der Waals surface area contributed by atoms with Crippen molar-refractivity contribution in [3.05, 3.63) is 57.0 Å². The van der Waals surface area contributed by atoms with E-state index < -0.39 is 11.6 Å². The Hall–Kier alpha value is -0.970. The van der Waals surface area contributed by atoms with Crippen molar-refractivity contribution in [2.45, 2.75) is 19.9 Å². The third-order valence-corrected chi connectivity index (χ3v) is 4.58. The van der Waals surface area contributed by atoms with Gasteiger partial charge in [0.05, 0.1) is 5.02 Å². The molecule has 1 atom stereocenters. The van der Waals surface area contributed by atoms with E-state index in [-0.39, 0.29) is 11.1 Å². The number of halogens is 4. The monoisotopic (exact) mass is 373 g/mol. The van der Waals surface area contributed by atoms with Crippen molar-refractivity contribution >= 4 is 27.5 Å². The molecule has 0 amide bonds. The number of nitrogens with one attached hydrogen (secondary N) is 1. The lowest BCUT2D eigenvalue weighted by Gasteiger charge is -2.18. The molecule has 0 saturated heterocycles. The van der Waals surface area contributed by atoms with E-state index in [4.69, 9.17) is 11.6 Å². The zero-order chi connectivity index (χ0) is 15.6. The van der Waals surface area contributed by atoms with Gasteiger partial charge in [-0.2, -0.15) is 0 Å². The Balaban J connectivity index is 2.62. The summed E-state index contributed by atoms with van der Waals surface area (Å²) in [5.74, 6) is -0.961. The molecule has 0 fully saturated rings. The van der Waals surface area contributed by atoms with Gasteiger partial charge in [-0.25, -0.2) is 8.78 Å². The molecule has 0 aliphatic heterocycles. The molecule has 112 valence electrons. The van der Waals surface area contributed by atoms with Gasteiger partial charge >= 0.3 is 0 Å². The van der Waals surface area contributed by atoms with Gasteiger partial charge in [0.25, 0.3) is 0 Å². The van der Waals surface area contributed by atoms with E-state index in [1.165, 1.54) is 12.1 Å². The lowest BCUT2D eigenvalue weighted by atomic mass is 9.95. The van der Waals surface area contributed by atoms with Crippen LogP contribution in [0.5, 0.6) is 0 Å². The molecule has 1 unspecified atom stereocenters. The standard InChI is InChI=1S/C16H15BrClF2N/c1-3-21-9(2)11-5-4-10(19)8-13(11)12-6-7-14(17)15(18)16(12)20/h4-9,21H,3H2,1-2H3. The van der Waals surface area contributed by atoms with Gasteiger partial charge in [0.2, 0.25) is 0 Å². The van der Waals surface area contributed by atoms with Crippen LogP contribution in [-0.4, -0.2) is 6.54 Å². The average Bonchev–Trinajstić information content (AvgIpc) is 2.45. The van der Waals surface area contributed by atoms with Crippen molar-refractivity contribution in [1.29, 1.82) is 0 Å². The highest BCUT2D eigenvalue weighted by Crippen LogP contribution is 2.36. The largest absolute Gasteiger partial charge is 0.310 e. The van der Waals surface area contributed by atoms with Gasteiger partial charge in [0.15, 0.2) is 5.82 Å². The van der Waals surface area contributed by atoms with E-state index in [0.29, 0.717) is 15.6 Å². The summed E-state index contributed by atoms with van der Waals surface area (Å²) < 4.78 is 28.5. The molecule has 0 saturated carbocycles. The van der Waals surface area contributed by atoms with Gasteiger partial charge in [-0.1, -0.05) is 30.7 Å². The first-order valence-electron chi connectivity index (χ1n) is 6.62. The fourth-order valence-corrected chi connectivity index (χ4v) is 2.76. The fourth-order valence-electron chi connectivity index (χ4n) is 2.29. The molecule has 2 aromatic rings. The highest BCUT2D eigenvalue weighted by Gasteiger charge is 2.18. The number of hydrogen-bond acceptors (Lipinski definition) is 1. The van der Waals surface area contributed by atoms with E-state index in [9.17, 15) is 8.78 Å². The summed E-state index contributed by atoms with van der Waals surface area (Å²) in [7, 11) is 0. The van der Waals surface area contributed by atoms with Gasteiger partial charge in [-0.3, -0.25) is 0 Å². The maximum absolute atomic E-state index is 14.4. The summed E-state index contributed by atoms with van der Waals surface area (Å²) in [6.07, 6.45) is 0. The second-order valence-corrected chi connectivity index (χ2v) is 5.97. The SMILES string of the molecule is CCNC(C)c1ccc(F)cc1-c1ccc(Br)c(Cl)c1F. The minimum absolute atomic E-state index is 0.00110. The summed E-state index contributed by atoms with van der Waals surface area (Å²) in [6, 6.07) is 7.63. The van der Waals surface area contributed by atoms with E-state index in [1.807, 2.05) is 13.8 Å². The molecule has 0 bridgehead atoms. The number of rotatable bonds is 4. The molecule has 1 N–H and O–H groups in total. The molecule has 0 heterocycles. The summed E-state index contributed by atoms with van der Waals surface area (Å²) in [5, 5.41) is 3.25. The fraction of sp³-hybridized carbons (Fsp3) is 0.250. The molecule has 0 radical (unpaired) electrons. The second kappa shape index (κ2) is 6.86. The van der Waals surface area contributed by atoms with Crippen LogP contribution in [-0.2, 0) is 0 Å². The molecule has 2 rings (SSSR count). The number of benzene rings is 2. The maximum atomic E-state index is 14.4. The Morgan fingerprint density at radius 1 is 1.19 bits per heavy atom. The van der Waals surface area contributed by atoms with E-state index in [1.54, 1.807) is 18.2 Å². The van der Waals surface area contributed by atoms with Crippen molar-refractivity contribution in [1.82, 2.24) is 5.32 Å². The van der Waals surface area contributed by atoms with Crippen LogP contribution in [0.4, 0.5) is 8.78 Å². The molecular formula is C16H15BrClF2N. The van der Waals surface area contributed by atoms with Crippen molar-refractivity contribution in [2.24, 2.45) is 0 Å². The van der Waals surface area contributed by atoms with Crippen LogP contribution in [0, 0.1) is 11.6 Å². The van der Waals surface area contributed by atoms with Crippen LogP contribution in [0.2, 0.25) is 5.02 Å². The van der Waals surface area contributed by atoms with Crippen molar-refractivity contribution in [3.63, 3.8) is 0 Å². The van der Waals surface area contributed by atoms with Gasteiger partial charge in [0, 0.05) is 16.1 Å². The van der Waals surface area contributed by atoms with Crippen LogP contribution in [0.15, 0.2) is 34.8 Å². The number of hydrogen-bond donors (Lipinski definition) is 1. The molecule has 0 spiro atoms. The minimum atomic E-state index is -0.554. The predicted octanol–water partition coefficient (Wildman–Crippen LogP) is 5.72. The minimum Gasteiger partial charge on any atom is -0.310 e. The predicted molar refractivity (Wildman–Crippen MR) is 86.6 cm³/mol. The Morgan fingerprint density at radius 2 is 1.90 bits per heavy atom. The molecule has 1 nitrogen and oxygen atoms in total. The average molecular weight is 375 g/mol. The van der Waals surface area contributed by atoms with Gasteiger partial charge in [0.1, 0.15) is 5.82 Å². The van der Waals surface area contributed by atoms with E-state index in [2.05, 4.69) is 21.2 Å². The first-order chi connectivity index (χ1) is 9.95. The molecular weight excluding hydrogens is 360 g/mol. The van der Waals surface area contributed by atoms with Crippen LogP contribution in [0.25, 0.3) is 11.1 Å². The van der Waals surface area contributed by atoms with Crippen LogP contribution < -0.4 is 5.32 Å². The highest BCUT2D eigenvalue weighted by atomic mass is 79.9. The van der Waals surface area contributed by atoms with Gasteiger partial charge in [-0.15, -0.1) is 0 Å². The van der Waals surface area contributed by atoms with Crippen LogP contribution >= 0.6 is 27.5 Å². The molecule has 0 aliphatic carbocycles. The lowest BCUT2D eigenvalue weighted by molar-refractivity contribution is 0.591. The molecule has 21 heavy (non-hydrogen) atoms. The Labute approximate surface area is 136 Å². The highest BCUT2D eigenvalue weighted by molar-refractivity contribution is 9.10. The summed E-state index contributed by atoms with van der Waals surface area (Å²) >= 11 is 9.12. The first-order valence-corrected chi connectivity index (χ1v) is 7.79. The summed E-state index contributed by atoms with van der Waals surface area (Å²) in [6.45, 7) is 4.71. The smallest absolute Gasteiger partial charge is 0.150 e. The molecule has 5 heteroatoms. The lowest BCUT2D eigenvalue weighted by Crippen LogP contribution is -2.18. The summed E-state index contributed by atoms with van der Waals surface area (Å²) in [5.41, 5.74) is 1.63. The molecule has 2 aromatic carbocycles. The van der Waals surface area contributed by atoms with Crippen molar-refractivity contribution in [2.75, 3.05) is 6.54 Å². The normalized spacial score (nSPS) is 12.5. The summed E-state index contributed by atoms with van der Waals surface area (Å²) in [4.78, 5) is 0. The van der Waals surface area contributed by atoms with Crippen molar-refractivity contribution < 1.29 is 8.78 Å². The van der Waals surface area contributed by atoms with Gasteiger partial charge < -0.3 is 5.32 Å². The Bertz CT molecular complexity index is 661. The van der Waals surface area contributed by atoms with E-state index >= 15 is 0 Å². The maximum Gasteiger partial charge on any atom is 0.150 e. The third kappa shape index (κ3) is 3.44. The molecule has 0 aliphatic rings. The first kappa shape index (κ1) is 16.4. The van der Waals surface area contributed by atoms with E-state index in [0.717, 1.165) is 12.1 Å². The zero-order valence-electron chi connectivity index (χ0n) is 11.7. The zero-order valence-corrected chi connectivity index (χ0v) is 14.0. The quantitative estimate of drug-likeness (QED) is 0.675. The Morgan fingerprint density at radius 3 is 2.57 bits per heavy atom.